The van der Waals surface area contributed by atoms with Crippen LogP contribution in [-0.4, -0.2) is 44.2 Å². The Morgan fingerprint density at radius 3 is 2.76 bits per heavy atom. The molecule has 0 aromatic carbocycles. The van der Waals surface area contributed by atoms with Gasteiger partial charge < -0.3 is 5.32 Å². The van der Waals surface area contributed by atoms with E-state index in [-0.39, 0.29) is 5.75 Å². The molecule has 4 nitrogen and oxygen atoms in total. The maximum Gasteiger partial charge on any atom is 0.215 e. The van der Waals surface area contributed by atoms with E-state index in [0.717, 1.165) is 25.9 Å². The van der Waals surface area contributed by atoms with Crippen LogP contribution in [0.3, 0.4) is 0 Å². The predicted molar refractivity (Wildman–Crippen MR) is 69.4 cm³/mol. The first-order valence-electron chi connectivity index (χ1n) is 6.85. The molecule has 2 unspecified atom stereocenters. The topological polar surface area (TPSA) is 49.4 Å². The van der Waals surface area contributed by atoms with E-state index in [9.17, 15) is 8.42 Å². The zero-order chi connectivity index (χ0) is 12.3. The van der Waals surface area contributed by atoms with Gasteiger partial charge in [0.1, 0.15) is 0 Å². The third-order valence-electron chi connectivity index (χ3n) is 4.09. The van der Waals surface area contributed by atoms with Crippen LogP contribution in [0.5, 0.6) is 0 Å². The number of nitrogens with one attached hydrogen (secondary N) is 1. The van der Waals surface area contributed by atoms with Crippen LogP contribution in [0.25, 0.3) is 0 Å². The van der Waals surface area contributed by atoms with E-state index in [0.29, 0.717) is 18.5 Å². The molecule has 5 heteroatoms. The Morgan fingerprint density at radius 2 is 2.00 bits per heavy atom. The molecule has 1 N–H and O–H groups in total. The van der Waals surface area contributed by atoms with Gasteiger partial charge in [0.15, 0.2) is 0 Å². The summed E-state index contributed by atoms with van der Waals surface area (Å²) in [4.78, 5) is 0. The molecular formula is C12H24N2O2S. The molecule has 2 aliphatic rings. The minimum Gasteiger partial charge on any atom is -0.316 e. The molecule has 17 heavy (non-hydrogen) atoms. The highest BCUT2D eigenvalue weighted by Crippen LogP contribution is 2.38. The van der Waals surface area contributed by atoms with E-state index >= 15 is 0 Å². The Morgan fingerprint density at radius 1 is 1.24 bits per heavy atom. The Labute approximate surface area is 105 Å². The van der Waals surface area contributed by atoms with Gasteiger partial charge in [-0.15, -0.1) is 0 Å². The first-order valence-corrected chi connectivity index (χ1v) is 8.46. The molecule has 1 aliphatic heterocycles. The quantitative estimate of drug-likeness (QED) is 0.755. The molecule has 0 aromatic rings. The summed E-state index contributed by atoms with van der Waals surface area (Å²) in [6.07, 6.45) is 5.77. The molecule has 100 valence electrons. The van der Waals surface area contributed by atoms with Gasteiger partial charge in [-0.05, 0) is 38.1 Å². The van der Waals surface area contributed by atoms with Gasteiger partial charge in [0.05, 0.1) is 5.75 Å². The van der Waals surface area contributed by atoms with Gasteiger partial charge >= 0.3 is 0 Å². The first-order chi connectivity index (χ1) is 8.15. The van der Waals surface area contributed by atoms with E-state index in [4.69, 9.17) is 0 Å². The zero-order valence-electron chi connectivity index (χ0n) is 10.7. The van der Waals surface area contributed by atoms with Crippen LogP contribution >= 0.6 is 0 Å². The summed E-state index contributed by atoms with van der Waals surface area (Å²) in [7, 11) is -3.04. The number of fused-ring (bicyclic) bond motifs is 1. The van der Waals surface area contributed by atoms with Gasteiger partial charge in [-0.2, -0.15) is 4.31 Å². The van der Waals surface area contributed by atoms with Crippen LogP contribution in [0.2, 0.25) is 0 Å². The molecule has 2 atom stereocenters. The van der Waals surface area contributed by atoms with Crippen LogP contribution in [0.1, 0.15) is 39.0 Å². The minimum atomic E-state index is -3.04. The lowest BCUT2D eigenvalue weighted by Crippen LogP contribution is -2.48. The standard InChI is InChI=1S/C12H24N2O2S/c1-2-13-8-10-17(15,16)14-9-4-6-11-5-3-7-12(11)14/h11-13H,2-10H2,1H3. The maximum atomic E-state index is 12.3. The van der Waals surface area contributed by atoms with Gasteiger partial charge in [-0.3, -0.25) is 0 Å². The van der Waals surface area contributed by atoms with Crippen molar-refractivity contribution >= 4 is 10.0 Å². The van der Waals surface area contributed by atoms with Crippen LogP contribution in [-0.2, 0) is 10.0 Å². The van der Waals surface area contributed by atoms with Crippen LogP contribution < -0.4 is 5.32 Å². The maximum absolute atomic E-state index is 12.3. The fraction of sp³-hybridized carbons (Fsp3) is 1.00. The molecule has 0 amide bonds. The number of piperidine rings is 1. The van der Waals surface area contributed by atoms with Gasteiger partial charge in [0, 0.05) is 19.1 Å². The van der Waals surface area contributed by atoms with Crippen molar-refractivity contribution in [3.8, 4) is 0 Å². The molecule has 2 rings (SSSR count). The highest BCUT2D eigenvalue weighted by Gasteiger charge is 2.40. The first kappa shape index (κ1) is 13.3. The second kappa shape index (κ2) is 5.67. The summed E-state index contributed by atoms with van der Waals surface area (Å²) < 4.78 is 26.4. The highest BCUT2D eigenvalue weighted by atomic mass is 32.2. The third kappa shape index (κ3) is 3.01. The lowest BCUT2D eigenvalue weighted by atomic mass is 9.94. The molecule has 1 heterocycles. The molecule has 0 bridgehead atoms. The van der Waals surface area contributed by atoms with Crippen LogP contribution in [0, 0.1) is 5.92 Å². The minimum absolute atomic E-state index is 0.254. The number of sulfonamides is 1. The monoisotopic (exact) mass is 260 g/mol. The summed E-state index contributed by atoms with van der Waals surface area (Å²) in [6.45, 7) is 4.16. The van der Waals surface area contributed by atoms with E-state index < -0.39 is 10.0 Å². The second-order valence-electron chi connectivity index (χ2n) is 5.18. The Kier molecular flexibility index (Phi) is 4.44. The van der Waals surface area contributed by atoms with Crippen molar-refractivity contribution < 1.29 is 8.42 Å². The third-order valence-corrected chi connectivity index (χ3v) is 5.97. The second-order valence-corrected chi connectivity index (χ2v) is 7.22. The van der Waals surface area contributed by atoms with Gasteiger partial charge in [-0.25, -0.2) is 8.42 Å². The molecule has 2 fully saturated rings. The van der Waals surface area contributed by atoms with Gasteiger partial charge in [0.25, 0.3) is 0 Å². The summed E-state index contributed by atoms with van der Waals surface area (Å²) in [5, 5.41) is 3.10. The van der Waals surface area contributed by atoms with Crippen molar-refractivity contribution in [2.45, 2.75) is 45.1 Å². The van der Waals surface area contributed by atoms with Crippen molar-refractivity contribution in [3.63, 3.8) is 0 Å². The lowest BCUT2D eigenvalue weighted by molar-refractivity contribution is 0.202. The summed E-state index contributed by atoms with van der Waals surface area (Å²) in [5.74, 6) is 0.891. The van der Waals surface area contributed by atoms with Crippen molar-refractivity contribution in [1.29, 1.82) is 0 Å². The Bertz CT molecular complexity index is 342. The number of hydrogen-bond acceptors (Lipinski definition) is 3. The summed E-state index contributed by atoms with van der Waals surface area (Å²) in [6, 6.07) is 0.315. The van der Waals surface area contributed by atoms with E-state index in [1.54, 1.807) is 0 Å². The smallest absolute Gasteiger partial charge is 0.215 e. The SMILES string of the molecule is CCNCCS(=O)(=O)N1CCCC2CCCC21. The molecular weight excluding hydrogens is 236 g/mol. The molecule has 0 radical (unpaired) electrons. The van der Waals surface area contributed by atoms with Crippen LogP contribution in [0.4, 0.5) is 0 Å². The summed E-state index contributed by atoms with van der Waals surface area (Å²) in [5.41, 5.74) is 0. The normalized spacial score (nSPS) is 30.4. The Balaban J connectivity index is 1.99. The zero-order valence-corrected chi connectivity index (χ0v) is 11.5. The fourth-order valence-electron chi connectivity index (χ4n) is 3.25. The lowest BCUT2D eigenvalue weighted by Gasteiger charge is -2.36. The van der Waals surface area contributed by atoms with E-state index in [2.05, 4.69) is 5.32 Å². The molecule has 1 saturated heterocycles. The molecule has 1 saturated carbocycles. The van der Waals surface area contributed by atoms with Crippen molar-refractivity contribution in [3.05, 3.63) is 0 Å². The highest BCUT2D eigenvalue weighted by molar-refractivity contribution is 7.89. The van der Waals surface area contributed by atoms with E-state index in [1.807, 2.05) is 11.2 Å². The largest absolute Gasteiger partial charge is 0.316 e. The van der Waals surface area contributed by atoms with Gasteiger partial charge in [-0.1, -0.05) is 13.3 Å². The number of hydrogen-bond donors (Lipinski definition) is 1. The molecule has 1 aliphatic carbocycles. The van der Waals surface area contributed by atoms with Crippen molar-refractivity contribution in [2.24, 2.45) is 5.92 Å². The van der Waals surface area contributed by atoms with Gasteiger partial charge in [0.2, 0.25) is 10.0 Å². The van der Waals surface area contributed by atoms with Crippen LogP contribution in [0.15, 0.2) is 0 Å². The Hall–Kier alpha value is -0.130. The van der Waals surface area contributed by atoms with Crippen molar-refractivity contribution in [1.82, 2.24) is 9.62 Å². The number of rotatable bonds is 5. The predicted octanol–water partition coefficient (Wildman–Crippen LogP) is 1.19. The molecule has 0 aromatic heterocycles. The van der Waals surface area contributed by atoms with E-state index in [1.165, 1.54) is 19.3 Å². The molecule has 0 spiro atoms. The average molecular weight is 260 g/mol. The van der Waals surface area contributed by atoms with Crippen molar-refractivity contribution in [2.75, 3.05) is 25.4 Å². The number of nitrogens with zero attached hydrogens (tertiary/aromatic N) is 1. The average Bonchev–Trinajstić information content (AvgIpc) is 2.76. The fourth-order valence-corrected chi connectivity index (χ4v) is 4.98. The summed E-state index contributed by atoms with van der Waals surface area (Å²) >= 11 is 0.